The molecule has 98 valence electrons. The number of ether oxygens (including phenoxy) is 1. The molecule has 0 aromatic heterocycles. The van der Waals surface area contributed by atoms with Crippen LogP contribution in [0.2, 0.25) is 0 Å². The van der Waals surface area contributed by atoms with Crippen LogP contribution in [0.5, 0.6) is 5.75 Å². The second kappa shape index (κ2) is 4.67. The first kappa shape index (κ1) is 12.2. The van der Waals surface area contributed by atoms with Gasteiger partial charge >= 0.3 is 0 Å². The Morgan fingerprint density at radius 1 is 1.39 bits per heavy atom. The van der Waals surface area contributed by atoms with Gasteiger partial charge in [0, 0.05) is 17.3 Å². The van der Waals surface area contributed by atoms with Crippen LogP contribution < -0.4 is 10.1 Å². The van der Waals surface area contributed by atoms with Crippen molar-refractivity contribution >= 4 is 10.8 Å². The zero-order valence-corrected chi connectivity index (χ0v) is 11.6. The van der Waals surface area contributed by atoms with Crippen LogP contribution in [0.4, 0.5) is 0 Å². The van der Waals surface area contributed by atoms with E-state index >= 15 is 0 Å². The largest absolute Gasteiger partial charge is 0.495 e. The number of hydrogen-bond acceptors (Lipinski definition) is 3. The molecule has 1 aromatic carbocycles. The molecule has 3 unspecified atom stereocenters. The van der Waals surface area contributed by atoms with E-state index in [1.165, 1.54) is 12.8 Å². The first-order valence-corrected chi connectivity index (χ1v) is 7.75. The molecule has 18 heavy (non-hydrogen) atoms. The van der Waals surface area contributed by atoms with Gasteiger partial charge in [-0.05, 0) is 30.9 Å². The molecule has 3 nitrogen and oxygen atoms in total. The summed E-state index contributed by atoms with van der Waals surface area (Å²) in [5.41, 5.74) is 1.16. The molecule has 2 aliphatic rings. The highest BCUT2D eigenvalue weighted by Crippen LogP contribution is 2.40. The average molecular weight is 265 g/mol. The highest BCUT2D eigenvalue weighted by molar-refractivity contribution is 7.85. The highest BCUT2D eigenvalue weighted by Gasteiger charge is 2.35. The minimum atomic E-state index is -0.951. The lowest BCUT2D eigenvalue weighted by molar-refractivity contribution is 0.395. The van der Waals surface area contributed by atoms with Crippen LogP contribution in [0.15, 0.2) is 23.1 Å². The third-order valence-corrected chi connectivity index (χ3v) is 5.52. The minimum Gasteiger partial charge on any atom is -0.495 e. The van der Waals surface area contributed by atoms with Gasteiger partial charge in [-0.25, -0.2) is 0 Å². The van der Waals surface area contributed by atoms with E-state index in [-0.39, 0.29) is 5.25 Å². The maximum absolute atomic E-state index is 12.4. The normalized spacial score (nSPS) is 30.9. The zero-order chi connectivity index (χ0) is 12.7. The maximum atomic E-state index is 12.4. The molecule has 1 fully saturated rings. The van der Waals surface area contributed by atoms with Crippen molar-refractivity contribution < 1.29 is 8.95 Å². The molecule has 0 amide bonds. The van der Waals surface area contributed by atoms with Crippen LogP contribution in [0.1, 0.15) is 37.8 Å². The number of methoxy groups -OCH3 is 1. The number of benzene rings is 1. The smallest absolute Gasteiger partial charge is 0.135 e. The summed E-state index contributed by atoms with van der Waals surface area (Å²) >= 11 is 0. The molecule has 1 N–H and O–H groups in total. The van der Waals surface area contributed by atoms with Gasteiger partial charge in [0.2, 0.25) is 0 Å². The van der Waals surface area contributed by atoms with E-state index in [1.807, 2.05) is 12.1 Å². The lowest BCUT2D eigenvalue weighted by atomic mass is 10.0. The zero-order valence-electron chi connectivity index (χ0n) is 10.8. The van der Waals surface area contributed by atoms with Gasteiger partial charge in [-0.2, -0.15) is 0 Å². The summed E-state index contributed by atoms with van der Waals surface area (Å²) in [6.45, 7) is 2.06. The van der Waals surface area contributed by atoms with Gasteiger partial charge in [0.25, 0.3) is 0 Å². The summed E-state index contributed by atoms with van der Waals surface area (Å²) in [6, 6.07) is 6.97. The molecule has 1 aliphatic heterocycles. The summed E-state index contributed by atoms with van der Waals surface area (Å²) in [6.07, 6.45) is 3.49. The Labute approximate surface area is 110 Å². The topological polar surface area (TPSA) is 38.3 Å². The van der Waals surface area contributed by atoms with Crippen molar-refractivity contribution in [1.82, 2.24) is 5.32 Å². The van der Waals surface area contributed by atoms with E-state index in [9.17, 15) is 4.21 Å². The van der Waals surface area contributed by atoms with Gasteiger partial charge in [-0.3, -0.25) is 4.21 Å². The van der Waals surface area contributed by atoms with Crippen LogP contribution >= 0.6 is 0 Å². The van der Waals surface area contributed by atoms with E-state index in [2.05, 4.69) is 18.3 Å². The summed E-state index contributed by atoms with van der Waals surface area (Å²) in [7, 11) is 0.697. The molecule has 1 saturated carbocycles. The van der Waals surface area contributed by atoms with E-state index in [0.29, 0.717) is 12.1 Å². The Bertz CT molecular complexity index is 485. The summed E-state index contributed by atoms with van der Waals surface area (Å²) < 4.78 is 17.8. The molecule has 1 aliphatic carbocycles. The fourth-order valence-electron chi connectivity index (χ4n) is 2.62. The van der Waals surface area contributed by atoms with Crippen molar-refractivity contribution in [2.75, 3.05) is 7.11 Å². The lowest BCUT2D eigenvalue weighted by Crippen LogP contribution is -2.33. The van der Waals surface area contributed by atoms with Crippen molar-refractivity contribution in [3.8, 4) is 5.75 Å². The third-order valence-electron chi connectivity index (χ3n) is 3.75. The highest BCUT2D eigenvalue weighted by atomic mass is 32.2. The number of rotatable bonds is 3. The van der Waals surface area contributed by atoms with E-state index in [4.69, 9.17) is 4.74 Å². The molecule has 0 spiro atoms. The quantitative estimate of drug-likeness (QED) is 0.912. The monoisotopic (exact) mass is 265 g/mol. The molecule has 1 aromatic rings. The third kappa shape index (κ3) is 2.08. The van der Waals surface area contributed by atoms with Crippen molar-refractivity contribution in [3.05, 3.63) is 23.8 Å². The molecule has 4 heteroatoms. The van der Waals surface area contributed by atoms with E-state index < -0.39 is 10.8 Å². The van der Waals surface area contributed by atoms with Gasteiger partial charge in [0.05, 0.1) is 22.8 Å². The Morgan fingerprint density at radius 3 is 2.83 bits per heavy atom. The second-order valence-electron chi connectivity index (χ2n) is 5.22. The Balaban J connectivity index is 2.02. The van der Waals surface area contributed by atoms with Crippen LogP contribution in [0.25, 0.3) is 0 Å². The second-order valence-corrected chi connectivity index (χ2v) is 7.02. The molecule has 3 rings (SSSR count). The molecular formula is C14H19NO2S. The van der Waals surface area contributed by atoms with Crippen molar-refractivity contribution in [3.63, 3.8) is 0 Å². The fourth-order valence-corrected chi connectivity index (χ4v) is 4.18. The Kier molecular flexibility index (Phi) is 3.16. The Morgan fingerprint density at radius 2 is 2.17 bits per heavy atom. The molecule has 1 heterocycles. The maximum Gasteiger partial charge on any atom is 0.135 e. The number of hydrogen-bond donors (Lipinski definition) is 1. The van der Waals surface area contributed by atoms with Gasteiger partial charge < -0.3 is 10.1 Å². The minimum absolute atomic E-state index is 0.185. The molecule has 0 saturated heterocycles. The molecular weight excluding hydrogens is 246 g/mol. The lowest BCUT2D eigenvalue weighted by Gasteiger charge is -2.30. The van der Waals surface area contributed by atoms with Gasteiger partial charge in [0.1, 0.15) is 5.75 Å². The standard InChI is InChI=1S/C14H19NO2S/c1-9-8-12(15-10-6-7-10)11-4-3-5-13(17-2)14(11)18(9)16/h3-5,9-10,12,15H,6-8H2,1-2H3. The molecule has 3 atom stereocenters. The Hall–Kier alpha value is -0.870. The summed E-state index contributed by atoms with van der Waals surface area (Å²) in [4.78, 5) is 0.900. The average Bonchev–Trinajstić information content (AvgIpc) is 3.18. The SMILES string of the molecule is COc1cccc2c1S(=O)C(C)CC2NC1CC1. The van der Waals surface area contributed by atoms with Crippen LogP contribution in [-0.4, -0.2) is 22.6 Å². The first-order chi connectivity index (χ1) is 8.70. The van der Waals surface area contributed by atoms with Gasteiger partial charge in [-0.15, -0.1) is 0 Å². The van der Waals surface area contributed by atoms with E-state index in [1.54, 1.807) is 7.11 Å². The van der Waals surface area contributed by atoms with Crippen molar-refractivity contribution in [2.45, 2.75) is 48.4 Å². The predicted molar refractivity (Wildman–Crippen MR) is 72.4 cm³/mol. The van der Waals surface area contributed by atoms with E-state index in [0.717, 1.165) is 22.6 Å². The first-order valence-electron chi connectivity index (χ1n) is 6.54. The number of fused-ring (bicyclic) bond motifs is 1. The van der Waals surface area contributed by atoms with Crippen LogP contribution in [0, 0.1) is 0 Å². The van der Waals surface area contributed by atoms with Crippen LogP contribution in [-0.2, 0) is 10.8 Å². The predicted octanol–water partition coefficient (Wildman–Crippen LogP) is 2.39. The van der Waals surface area contributed by atoms with Gasteiger partial charge in [-0.1, -0.05) is 19.1 Å². The molecule has 0 radical (unpaired) electrons. The van der Waals surface area contributed by atoms with Crippen molar-refractivity contribution in [1.29, 1.82) is 0 Å². The molecule has 0 bridgehead atoms. The van der Waals surface area contributed by atoms with Crippen molar-refractivity contribution in [2.24, 2.45) is 0 Å². The summed E-state index contributed by atoms with van der Waals surface area (Å²) in [5, 5.41) is 3.85. The van der Waals surface area contributed by atoms with Crippen LogP contribution in [0.3, 0.4) is 0 Å². The number of nitrogens with one attached hydrogen (secondary N) is 1. The fraction of sp³-hybridized carbons (Fsp3) is 0.571. The summed E-state index contributed by atoms with van der Waals surface area (Å²) in [5.74, 6) is 0.764. The van der Waals surface area contributed by atoms with Gasteiger partial charge in [0.15, 0.2) is 0 Å².